The Labute approximate surface area is 55.0 Å². The minimum Gasteiger partial charge on any atom is -0.394 e. The Kier molecular flexibility index (Phi) is 1.45. The number of nitrogens with zero attached hydrogens (tertiary/aromatic N) is 2. The maximum Gasteiger partial charge on any atom is 0.0807 e. The predicted octanol–water partition coefficient (Wildman–Crippen LogP) is 0.0587. The molecule has 0 spiro atoms. The van der Waals surface area contributed by atoms with Crippen LogP contribution in [0.5, 0.6) is 0 Å². The summed E-state index contributed by atoms with van der Waals surface area (Å²) in [6.45, 7) is 3.58. The first-order valence-electron chi connectivity index (χ1n) is 3.06. The largest absolute Gasteiger partial charge is 0.394 e. The Hall–Kier alpha value is -0.570. The third-order valence-electron chi connectivity index (χ3n) is 2.02. The van der Waals surface area contributed by atoms with Gasteiger partial charge in [0.1, 0.15) is 0 Å². The first-order valence-corrected chi connectivity index (χ1v) is 3.06. The van der Waals surface area contributed by atoms with Gasteiger partial charge in [0.05, 0.1) is 12.1 Å². The predicted molar refractivity (Wildman–Crippen MR) is 36.4 cm³/mol. The molecule has 0 saturated heterocycles. The van der Waals surface area contributed by atoms with Crippen LogP contribution in [0.1, 0.15) is 12.8 Å². The average Bonchev–Trinajstić information content (AvgIpc) is 2.66. The summed E-state index contributed by atoms with van der Waals surface area (Å²) in [6.07, 6.45) is 2.08. The summed E-state index contributed by atoms with van der Waals surface area (Å²) in [5, 5.41) is 14.3. The molecule has 0 aromatic rings. The van der Waals surface area contributed by atoms with E-state index in [4.69, 9.17) is 5.11 Å². The number of hydrazone groups is 1. The highest BCUT2D eigenvalue weighted by Gasteiger charge is 2.45. The van der Waals surface area contributed by atoms with Gasteiger partial charge in [0.2, 0.25) is 0 Å². The molecule has 1 fully saturated rings. The van der Waals surface area contributed by atoms with E-state index in [9.17, 15) is 0 Å². The monoisotopic (exact) mass is 128 g/mol. The standard InChI is InChI=1S/C6H12N2O/c1-7-8(2)6(5-9)3-4-6/h9H,1,3-5H2,2H3. The quantitative estimate of drug-likeness (QED) is 0.431. The van der Waals surface area contributed by atoms with E-state index in [1.165, 1.54) is 0 Å². The van der Waals surface area contributed by atoms with Crippen molar-refractivity contribution in [3.63, 3.8) is 0 Å². The molecule has 0 aromatic carbocycles. The van der Waals surface area contributed by atoms with Crippen LogP contribution in [0, 0.1) is 0 Å². The topological polar surface area (TPSA) is 35.8 Å². The third kappa shape index (κ3) is 0.920. The van der Waals surface area contributed by atoms with Gasteiger partial charge < -0.3 is 5.11 Å². The molecule has 1 aliphatic carbocycles. The fourth-order valence-corrected chi connectivity index (χ4v) is 0.878. The van der Waals surface area contributed by atoms with Gasteiger partial charge in [-0.2, -0.15) is 5.10 Å². The fourth-order valence-electron chi connectivity index (χ4n) is 0.878. The maximum atomic E-state index is 8.83. The van der Waals surface area contributed by atoms with Crippen molar-refractivity contribution in [1.82, 2.24) is 5.01 Å². The Bertz CT molecular complexity index is 120. The summed E-state index contributed by atoms with van der Waals surface area (Å²) in [4.78, 5) is 0. The molecule has 0 amide bonds. The maximum absolute atomic E-state index is 8.83. The highest BCUT2D eigenvalue weighted by molar-refractivity contribution is 5.23. The van der Waals surface area contributed by atoms with Gasteiger partial charge in [0.25, 0.3) is 0 Å². The van der Waals surface area contributed by atoms with Crippen LogP contribution >= 0.6 is 0 Å². The molecular formula is C6H12N2O. The lowest BCUT2D eigenvalue weighted by Crippen LogP contribution is -2.32. The van der Waals surface area contributed by atoms with E-state index in [0.717, 1.165) is 12.8 Å². The zero-order valence-corrected chi connectivity index (χ0v) is 5.67. The molecule has 0 aliphatic heterocycles. The van der Waals surface area contributed by atoms with Crippen LogP contribution in [0.3, 0.4) is 0 Å². The lowest BCUT2D eigenvalue weighted by molar-refractivity contribution is 0.134. The van der Waals surface area contributed by atoms with Crippen molar-refractivity contribution in [1.29, 1.82) is 0 Å². The zero-order valence-electron chi connectivity index (χ0n) is 5.67. The van der Waals surface area contributed by atoms with Gasteiger partial charge >= 0.3 is 0 Å². The van der Waals surface area contributed by atoms with E-state index in [1.807, 2.05) is 7.05 Å². The van der Waals surface area contributed by atoms with Crippen molar-refractivity contribution in [3.05, 3.63) is 0 Å². The fraction of sp³-hybridized carbons (Fsp3) is 0.833. The molecule has 0 bridgehead atoms. The Morgan fingerprint density at radius 2 is 2.33 bits per heavy atom. The Morgan fingerprint density at radius 1 is 1.78 bits per heavy atom. The summed E-state index contributed by atoms with van der Waals surface area (Å²) in [5.41, 5.74) is -0.0399. The molecule has 1 aliphatic rings. The van der Waals surface area contributed by atoms with E-state index in [0.29, 0.717) is 0 Å². The highest BCUT2D eigenvalue weighted by Crippen LogP contribution is 2.40. The molecule has 0 heterocycles. The van der Waals surface area contributed by atoms with Crippen LogP contribution < -0.4 is 0 Å². The van der Waals surface area contributed by atoms with E-state index in [2.05, 4.69) is 11.8 Å². The van der Waals surface area contributed by atoms with Crippen LogP contribution in [0.4, 0.5) is 0 Å². The highest BCUT2D eigenvalue weighted by atomic mass is 16.3. The molecule has 3 heteroatoms. The number of hydrogen-bond donors (Lipinski definition) is 1. The van der Waals surface area contributed by atoms with Gasteiger partial charge in [-0.3, -0.25) is 5.01 Å². The van der Waals surface area contributed by atoms with E-state index in [-0.39, 0.29) is 12.1 Å². The lowest BCUT2D eigenvalue weighted by Gasteiger charge is -2.21. The van der Waals surface area contributed by atoms with Crippen molar-refractivity contribution in [2.75, 3.05) is 13.7 Å². The van der Waals surface area contributed by atoms with Crippen LogP contribution in [0.25, 0.3) is 0 Å². The van der Waals surface area contributed by atoms with Gasteiger partial charge in [-0.05, 0) is 12.8 Å². The molecule has 52 valence electrons. The molecular weight excluding hydrogens is 116 g/mol. The first-order chi connectivity index (χ1) is 4.25. The van der Waals surface area contributed by atoms with E-state index < -0.39 is 0 Å². The third-order valence-corrected chi connectivity index (χ3v) is 2.02. The van der Waals surface area contributed by atoms with Crippen LogP contribution in [-0.2, 0) is 0 Å². The molecule has 0 atom stereocenters. The second-order valence-electron chi connectivity index (χ2n) is 2.55. The van der Waals surface area contributed by atoms with Gasteiger partial charge in [0, 0.05) is 13.8 Å². The number of likely N-dealkylation sites (N-methyl/N-ethyl adjacent to an activating group) is 1. The number of aliphatic hydroxyl groups excluding tert-OH is 1. The molecule has 3 nitrogen and oxygen atoms in total. The smallest absolute Gasteiger partial charge is 0.0807 e. The summed E-state index contributed by atoms with van der Waals surface area (Å²) >= 11 is 0. The molecule has 9 heavy (non-hydrogen) atoms. The lowest BCUT2D eigenvalue weighted by atomic mass is 10.3. The molecule has 0 radical (unpaired) electrons. The van der Waals surface area contributed by atoms with Crippen molar-refractivity contribution in [2.45, 2.75) is 18.4 Å². The zero-order chi connectivity index (χ0) is 6.91. The summed E-state index contributed by atoms with van der Waals surface area (Å²) in [6, 6.07) is 0. The van der Waals surface area contributed by atoms with Crippen LogP contribution in [0.2, 0.25) is 0 Å². The van der Waals surface area contributed by atoms with E-state index in [1.54, 1.807) is 5.01 Å². The number of aliphatic hydroxyl groups is 1. The number of rotatable bonds is 3. The van der Waals surface area contributed by atoms with Gasteiger partial charge in [-0.1, -0.05) is 0 Å². The molecule has 1 rings (SSSR count). The Morgan fingerprint density at radius 3 is 2.44 bits per heavy atom. The molecule has 1 saturated carbocycles. The van der Waals surface area contributed by atoms with Crippen molar-refractivity contribution < 1.29 is 5.11 Å². The van der Waals surface area contributed by atoms with Gasteiger partial charge in [-0.15, -0.1) is 0 Å². The molecule has 0 aromatic heterocycles. The van der Waals surface area contributed by atoms with E-state index >= 15 is 0 Å². The first kappa shape index (κ1) is 6.55. The summed E-state index contributed by atoms with van der Waals surface area (Å²) in [5.74, 6) is 0. The molecule has 0 unspecified atom stereocenters. The molecule has 1 N–H and O–H groups in total. The Balaban J connectivity index is 2.48. The van der Waals surface area contributed by atoms with Gasteiger partial charge in [-0.25, -0.2) is 0 Å². The summed E-state index contributed by atoms with van der Waals surface area (Å²) in [7, 11) is 1.84. The number of hydrogen-bond acceptors (Lipinski definition) is 3. The van der Waals surface area contributed by atoms with Crippen LogP contribution in [0.15, 0.2) is 5.10 Å². The van der Waals surface area contributed by atoms with Crippen LogP contribution in [-0.4, -0.2) is 36.0 Å². The van der Waals surface area contributed by atoms with Crippen molar-refractivity contribution >= 4 is 6.72 Å². The minimum atomic E-state index is -0.0399. The van der Waals surface area contributed by atoms with Gasteiger partial charge in [0.15, 0.2) is 0 Å². The normalized spacial score (nSPS) is 21.1. The second-order valence-corrected chi connectivity index (χ2v) is 2.55. The summed E-state index contributed by atoms with van der Waals surface area (Å²) < 4.78 is 0. The average molecular weight is 128 g/mol. The second kappa shape index (κ2) is 1.99. The van der Waals surface area contributed by atoms with Crippen molar-refractivity contribution in [2.24, 2.45) is 5.10 Å². The SMILES string of the molecule is C=NN(C)C1(CO)CC1. The van der Waals surface area contributed by atoms with Crippen molar-refractivity contribution in [3.8, 4) is 0 Å². The minimum absolute atomic E-state index is 0.0399.